The summed E-state index contributed by atoms with van der Waals surface area (Å²) in [6.07, 6.45) is 1.08. The molecule has 0 aliphatic carbocycles. The zero-order chi connectivity index (χ0) is 20.5. The Balaban J connectivity index is 1.49. The van der Waals surface area contributed by atoms with Crippen LogP contribution in [0.2, 0.25) is 0 Å². The average molecular weight is 442 g/mol. The highest BCUT2D eigenvalue weighted by atomic mass is 32.1. The molecule has 2 aromatic heterocycles. The van der Waals surface area contributed by atoms with Gasteiger partial charge in [-0.3, -0.25) is 9.47 Å². The molecule has 1 saturated heterocycles. The van der Waals surface area contributed by atoms with E-state index in [1.807, 2.05) is 16.0 Å². The number of hydrogen-bond acceptors (Lipinski definition) is 6. The zero-order valence-electron chi connectivity index (χ0n) is 17.2. The lowest BCUT2D eigenvalue weighted by atomic mass is 9.94. The highest BCUT2D eigenvalue weighted by Gasteiger charge is 2.30. The van der Waals surface area contributed by atoms with E-state index in [2.05, 4.69) is 63.1 Å². The maximum Gasteiger partial charge on any atom is 0.226 e. The summed E-state index contributed by atoms with van der Waals surface area (Å²) in [5.74, 6) is 0.968. The quantitative estimate of drug-likeness (QED) is 0.561. The number of hydrogen-bond donors (Lipinski definition) is 0. The second kappa shape index (κ2) is 8.63. The molecule has 158 valence electrons. The molecule has 2 aliphatic rings. The van der Waals surface area contributed by atoms with Crippen LogP contribution in [0.25, 0.3) is 0 Å². The van der Waals surface area contributed by atoms with Gasteiger partial charge in [0.05, 0.1) is 25.9 Å². The smallest absolute Gasteiger partial charge is 0.226 e. The van der Waals surface area contributed by atoms with Crippen LogP contribution in [0, 0.1) is 4.77 Å². The standard InChI is InChI=1S/C22H27N5OS2/c1-2-26-21(24-11-13-28-14-12-24)23-27(22(26)29)16-25-10-8-19-18(9-15-30-19)20(25)17-6-4-3-5-7-17/h3-7,9,15,20H,2,8,10-14,16H2,1H3/t20-/m0/s1. The molecule has 0 N–H and O–H groups in total. The molecule has 0 bridgehead atoms. The lowest BCUT2D eigenvalue weighted by Gasteiger charge is -2.36. The lowest BCUT2D eigenvalue weighted by Crippen LogP contribution is -2.38. The fourth-order valence-electron chi connectivity index (χ4n) is 4.51. The number of rotatable bonds is 5. The number of fused-ring (bicyclic) bond motifs is 1. The summed E-state index contributed by atoms with van der Waals surface area (Å²) in [6, 6.07) is 13.3. The molecule has 5 rings (SSSR count). The predicted octanol–water partition coefficient (Wildman–Crippen LogP) is 3.94. The zero-order valence-corrected chi connectivity index (χ0v) is 18.9. The van der Waals surface area contributed by atoms with Crippen molar-refractivity contribution < 1.29 is 4.74 Å². The maximum absolute atomic E-state index is 5.85. The number of anilines is 1. The lowest BCUT2D eigenvalue weighted by molar-refractivity contribution is 0.121. The van der Waals surface area contributed by atoms with Gasteiger partial charge in [0, 0.05) is 31.1 Å². The van der Waals surface area contributed by atoms with Crippen LogP contribution in [-0.4, -0.2) is 52.1 Å². The van der Waals surface area contributed by atoms with Crippen LogP contribution in [0.4, 0.5) is 5.95 Å². The van der Waals surface area contributed by atoms with Gasteiger partial charge in [-0.05, 0) is 48.1 Å². The molecule has 1 aromatic carbocycles. The molecule has 1 fully saturated rings. The number of ether oxygens (including phenoxy) is 1. The van der Waals surface area contributed by atoms with Crippen molar-refractivity contribution in [2.45, 2.75) is 32.6 Å². The molecule has 0 radical (unpaired) electrons. The topological polar surface area (TPSA) is 38.5 Å². The Hall–Kier alpha value is -2.00. The summed E-state index contributed by atoms with van der Waals surface area (Å²) in [4.78, 5) is 6.30. The van der Waals surface area contributed by atoms with Crippen molar-refractivity contribution in [3.05, 3.63) is 62.6 Å². The molecular weight excluding hydrogens is 414 g/mol. The van der Waals surface area contributed by atoms with Crippen molar-refractivity contribution in [3.8, 4) is 0 Å². The van der Waals surface area contributed by atoms with E-state index < -0.39 is 0 Å². The molecule has 2 aliphatic heterocycles. The van der Waals surface area contributed by atoms with Gasteiger partial charge in [-0.25, -0.2) is 4.68 Å². The van der Waals surface area contributed by atoms with Crippen molar-refractivity contribution in [3.63, 3.8) is 0 Å². The summed E-state index contributed by atoms with van der Waals surface area (Å²) >= 11 is 7.72. The Labute approximate surface area is 186 Å². The summed E-state index contributed by atoms with van der Waals surface area (Å²) in [5, 5.41) is 7.20. The first-order valence-electron chi connectivity index (χ1n) is 10.6. The van der Waals surface area contributed by atoms with Crippen LogP contribution in [0.15, 0.2) is 41.8 Å². The number of benzene rings is 1. The minimum Gasteiger partial charge on any atom is -0.378 e. The van der Waals surface area contributed by atoms with Gasteiger partial charge < -0.3 is 9.64 Å². The Morgan fingerprint density at radius 1 is 1.13 bits per heavy atom. The van der Waals surface area contributed by atoms with Gasteiger partial charge >= 0.3 is 0 Å². The van der Waals surface area contributed by atoms with E-state index >= 15 is 0 Å². The van der Waals surface area contributed by atoms with E-state index in [4.69, 9.17) is 22.1 Å². The Morgan fingerprint density at radius 3 is 2.70 bits per heavy atom. The Kier molecular flexibility index (Phi) is 5.73. The first kappa shape index (κ1) is 19.9. The third-order valence-corrected chi connectivity index (χ3v) is 7.44. The van der Waals surface area contributed by atoms with Crippen LogP contribution < -0.4 is 4.90 Å². The van der Waals surface area contributed by atoms with E-state index in [0.29, 0.717) is 6.67 Å². The molecule has 0 unspecified atom stereocenters. The Bertz CT molecular complexity index is 1050. The monoisotopic (exact) mass is 441 g/mol. The van der Waals surface area contributed by atoms with E-state index in [0.717, 1.165) is 56.5 Å². The Morgan fingerprint density at radius 2 is 1.93 bits per heavy atom. The normalized spacial score (nSPS) is 19.8. The molecule has 30 heavy (non-hydrogen) atoms. The largest absolute Gasteiger partial charge is 0.378 e. The molecule has 4 heterocycles. The molecule has 8 heteroatoms. The molecule has 0 saturated carbocycles. The highest BCUT2D eigenvalue weighted by molar-refractivity contribution is 7.71. The van der Waals surface area contributed by atoms with Crippen LogP contribution in [0.3, 0.4) is 0 Å². The van der Waals surface area contributed by atoms with E-state index in [1.54, 1.807) is 0 Å². The second-order valence-corrected chi connectivity index (χ2v) is 9.11. The van der Waals surface area contributed by atoms with Crippen molar-refractivity contribution in [1.82, 2.24) is 19.2 Å². The SMILES string of the molecule is CCn1c(N2CCOCC2)nn(CN2CCc3sccc3[C@@H]2c2ccccc2)c1=S. The highest BCUT2D eigenvalue weighted by Crippen LogP contribution is 2.38. The van der Waals surface area contributed by atoms with Crippen molar-refractivity contribution >= 4 is 29.5 Å². The minimum absolute atomic E-state index is 0.238. The number of morpholine rings is 1. The summed E-state index contributed by atoms with van der Waals surface area (Å²) in [6.45, 7) is 7.86. The van der Waals surface area contributed by atoms with E-state index in [9.17, 15) is 0 Å². The summed E-state index contributed by atoms with van der Waals surface area (Å²) in [7, 11) is 0. The number of aromatic nitrogens is 3. The van der Waals surface area contributed by atoms with Crippen molar-refractivity contribution in [2.75, 3.05) is 37.7 Å². The predicted molar refractivity (Wildman–Crippen MR) is 123 cm³/mol. The molecular formula is C22H27N5OS2. The fraction of sp³-hybridized carbons (Fsp3) is 0.455. The fourth-order valence-corrected chi connectivity index (χ4v) is 5.73. The first-order chi connectivity index (χ1) is 14.8. The maximum atomic E-state index is 5.85. The van der Waals surface area contributed by atoms with Crippen molar-refractivity contribution in [1.29, 1.82) is 0 Å². The molecule has 1 atom stereocenters. The van der Waals surface area contributed by atoms with Crippen molar-refractivity contribution in [2.24, 2.45) is 0 Å². The number of thiophene rings is 1. The summed E-state index contributed by atoms with van der Waals surface area (Å²) < 4.78 is 10.5. The van der Waals surface area contributed by atoms with Gasteiger partial charge in [-0.15, -0.1) is 16.4 Å². The van der Waals surface area contributed by atoms with Crippen LogP contribution in [0.1, 0.15) is 29.0 Å². The third-order valence-electron chi connectivity index (χ3n) is 6.01. The third kappa shape index (κ3) is 3.62. The van der Waals surface area contributed by atoms with Gasteiger partial charge in [0.15, 0.2) is 0 Å². The van der Waals surface area contributed by atoms with Gasteiger partial charge in [0.1, 0.15) is 0 Å². The molecule has 0 amide bonds. The van der Waals surface area contributed by atoms with Gasteiger partial charge in [-0.1, -0.05) is 30.3 Å². The van der Waals surface area contributed by atoms with Gasteiger partial charge in [0.2, 0.25) is 10.7 Å². The molecule has 6 nitrogen and oxygen atoms in total. The first-order valence-corrected chi connectivity index (χ1v) is 11.9. The van der Waals surface area contributed by atoms with E-state index in [1.165, 1.54) is 16.0 Å². The van der Waals surface area contributed by atoms with E-state index in [-0.39, 0.29) is 6.04 Å². The average Bonchev–Trinajstić information content (AvgIpc) is 3.39. The van der Waals surface area contributed by atoms with Gasteiger partial charge in [0.25, 0.3) is 0 Å². The second-order valence-electron chi connectivity index (χ2n) is 7.74. The van der Waals surface area contributed by atoms with Crippen LogP contribution in [-0.2, 0) is 24.4 Å². The molecule has 0 spiro atoms. The summed E-state index contributed by atoms with van der Waals surface area (Å²) in [5.41, 5.74) is 2.75. The molecule has 3 aromatic rings. The minimum atomic E-state index is 0.238. The van der Waals surface area contributed by atoms with Crippen LogP contribution in [0.5, 0.6) is 0 Å². The van der Waals surface area contributed by atoms with Gasteiger partial charge in [-0.2, -0.15) is 0 Å². The number of nitrogens with zero attached hydrogens (tertiary/aromatic N) is 5. The van der Waals surface area contributed by atoms with Crippen LogP contribution >= 0.6 is 23.6 Å².